The molecular formula is C25H25N8NaO7S2. The summed E-state index contributed by atoms with van der Waals surface area (Å²) < 4.78 is 1.45. The Bertz CT molecular complexity index is 1620. The summed E-state index contributed by atoms with van der Waals surface area (Å²) in [4.78, 5) is 57.1. The zero-order valence-electron chi connectivity index (χ0n) is 22.1. The predicted octanol–water partition coefficient (Wildman–Crippen LogP) is -0.322. The number of benzene rings is 1. The molecule has 5 rings (SSSR count). The maximum absolute atomic E-state index is 13.5. The Balaban J connectivity index is 0.00000423. The molecule has 0 spiro atoms. The van der Waals surface area contributed by atoms with Crippen LogP contribution in [-0.4, -0.2) is 122 Å². The van der Waals surface area contributed by atoms with E-state index in [1.54, 1.807) is 14.0 Å². The minimum absolute atomic E-state index is 0. The molecule has 1 aromatic carbocycles. The topological polar surface area (TPSA) is 213 Å². The second kappa shape index (κ2) is 13.3. The van der Waals surface area contributed by atoms with Crippen molar-refractivity contribution in [3.63, 3.8) is 0 Å². The molecule has 0 radical (unpaired) electrons. The number of carboxylic acids is 1. The van der Waals surface area contributed by atoms with E-state index in [0.29, 0.717) is 27.7 Å². The standard InChI is InChI=1S/C25H24N8O7S2.Na.H/c1-11-7-16(35)15(8-26-11)20(36)27-17(12-3-5-14(34)6-4-12)21(37)28-18-22(38)33-19(24(39)40)13(9-41-23(18)33)10-42-25-29-30-31-32(25)2;;/h3-8,17-18,23,34H,9-10H2,1-2H3,(H,26,35)(H,27,36)(H,28,37)(H,39,40);;/t17?,18-,23-;;/m1../s1. The van der Waals surface area contributed by atoms with Crippen molar-refractivity contribution in [2.24, 2.45) is 7.05 Å². The van der Waals surface area contributed by atoms with Crippen LogP contribution in [0.3, 0.4) is 0 Å². The number of aromatic hydroxyl groups is 2. The van der Waals surface area contributed by atoms with Gasteiger partial charge in [0, 0.05) is 36.5 Å². The van der Waals surface area contributed by atoms with Gasteiger partial charge in [0.05, 0.1) is 5.56 Å². The van der Waals surface area contributed by atoms with Gasteiger partial charge < -0.3 is 26.0 Å². The average Bonchev–Trinajstić information content (AvgIpc) is 3.37. The van der Waals surface area contributed by atoms with Gasteiger partial charge in [0.1, 0.15) is 34.7 Å². The van der Waals surface area contributed by atoms with Gasteiger partial charge in [-0.2, -0.15) is 0 Å². The van der Waals surface area contributed by atoms with Crippen molar-refractivity contribution >= 4 is 76.8 Å². The summed E-state index contributed by atoms with van der Waals surface area (Å²) in [5, 5.41) is 46.0. The number of thioether (sulfide) groups is 2. The Labute approximate surface area is 274 Å². The number of β-lactam (4-membered cyclic amide) rings is 1. The molecule has 15 nitrogen and oxygen atoms in total. The Morgan fingerprint density at radius 2 is 1.93 bits per heavy atom. The van der Waals surface area contributed by atoms with Crippen molar-refractivity contribution in [3.8, 4) is 11.5 Å². The van der Waals surface area contributed by atoms with Gasteiger partial charge >= 0.3 is 35.5 Å². The fourth-order valence-corrected chi connectivity index (χ4v) is 6.76. The molecule has 2 aromatic heterocycles. The quantitative estimate of drug-likeness (QED) is 0.116. The number of carbonyl (C=O) groups is 4. The van der Waals surface area contributed by atoms with E-state index in [1.807, 2.05) is 0 Å². The predicted molar refractivity (Wildman–Crippen MR) is 155 cm³/mol. The van der Waals surface area contributed by atoms with Crippen LogP contribution in [0.25, 0.3) is 0 Å². The molecule has 220 valence electrons. The van der Waals surface area contributed by atoms with Crippen molar-refractivity contribution in [1.82, 2.24) is 40.7 Å². The molecule has 0 bridgehead atoms. The molecule has 0 aliphatic carbocycles. The van der Waals surface area contributed by atoms with Crippen LogP contribution in [0.15, 0.2) is 53.0 Å². The van der Waals surface area contributed by atoms with Gasteiger partial charge in [0.15, 0.2) is 0 Å². The van der Waals surface area contributed by atoms with Gasteiger partial charge in [-0.05, 0) is 40.6 Å². The van der Waals surface area contributed by atoms with E-state index in [4.69, 9.17) is 0 Å². The summed E-state index contributed by atoms with van der Waals surface area (Å²) in [5.41, 5.74) is 0.974. The Morgan fingerprint density at radius 1 is 1.21 bits per heavy atom. The van der Waals surface area contributed by atoms with Crippen LogP contribution in [0.4, 0.5) is 0 Å². The molecule has 5 N–H and O–H groups in total. The molecule has 2 aliphatic heterocycles. The van der Waals surface area contributed by atoms with Gasteiger partial charge in [-0.1, -0.05) is 23.9 Å². The number of carbonyl (C=O) groups excluding carboxylic acids is 3. The molecule has 4 heterocycles. The first kappa shape index (κ1) is 32.3. The average molecular weight is 637 g/mol. The number of carboxylic acid groups (broad SMARTS) is 1. The van der Waals surface area contributed by atoms with Crippen LogP contribution >= 0.6 is 23.5 Å². The number of amides is 3. The SMILES string of the molecule is Cc1cc(O)c(C(=O)NC(C(=O)N[C@@H]2C(=O)N3C(C(=O)O)=C(CSc4nnnn4C)CS[C@H]23)c2ccc(O)cc2)cn1.[NaH]. The molecule has 1 fully saturated rings. The molecule has 1 unspecified atom stereocenters. The summed E-state index contributed by atoms with van der Waals surface area (Å²) in [5.74, 6) is -3.29. The monoisotopic (exact) mass is 636 g/mol. The fourth-order valence-electron chi connectivity index (χ4n) is 4.42. The number of aliphatic carboxylic acids is 1. The van der Waals surface area contributed by atoms with Crippen molar-refractivity contribution in [2.45, 2.75) is 29.5 Å². The number of pyridine rings is 1. The Morgan fingerprint density at radius 3 is 2.56 bits per heavy atom. The molecule has 3 amide bonds. The zero-order valence-corrected chi connectivity index (χ0v) is 23.7. The first-order valence-electron chi connectivity index (χ1n) is 12.4. The number of aromatic nitrogens is 5. The number of hydrogen-bond donors (Lipinski definition) is 5. The van der Waals surface area contributed by atoms with Gasteiger partial charge in [-0.15, -0.1) is 16.9 Å². The van der Waals surface area contributed by atoms with Crippen LogP contribution in [0.1, 0.15) is 27.7 Å². The van der Waals surface area contributed by atoms with E-state index in [0.717, 1.165) is 4.90 Å². The van der Waals surface area contributed by atoms with Crippen LogP contribution < -0.4 is 10.6 Å². The van der Waals surface area contributed by atoms with Crippen LogP contribution in [0, 0.1) is 6.92 Å². The molecule has 43 heavy (non-hydrogen) atoms. The molecule has 18 heteroatoms. The molecule has 2 aliphatic rings. The summed E-state index contributed by atoms with van der Waals surface area (Å²) in [6.45, 7) is 1.64. The number of hydrogen-bond acceptors (Lipinski definition) is 12. The first-order chi connectivity index (χ1) is 20.0. The molecule has 1 saturated heterocycles. The summed E-state index contributed by atoms with van der Waals surface area (Å²) in [6.07, 6.45) is 1.17. The van der Waals surface area contributed by atoms with Crippen molar-refractivity contribution in [2.75, 3.05) is 11.5 Å². The van der Waals surface area contributed by atoms with Gasteiger partial charge in [-0.25, -0.2) is 9.48 Å². The Kier molecular flexibility index (Phi) is 10.0. The third kappa shape index (κ3) is 6.65. The van der Waals surface area contributed by atoms with Crippen molar-refractivity contribution < 1.29 is 34.5 Å². The van der Waals surface area contributed by atoms with E-state index >= 15 is 0 Å². The summed E-state index contributed by atoms with van der Waals surface area (Å²) >= 11 is 2.53. The number of nitrogens with zero attached hydrogens (tertiary/aromatic N) is 6. The van der Waals surface area contributed by atoms with Crippen molar-refractivity contribution in [3.05, 3.63) is 64.6 Å². The molecule has 0 saturated carbocycles. The minimum atomic E-state index is -1.32. The summed E-state index contributed by atoms with van der Waals surface area (Å²) in [7, 11) is 1.65. The number of rotatable bonds is 9. The molecule has 3 aromatic rings. The van der Waals surface area contributed by atoms with Crippen LogP contribution in [0.2, 0.25) is 0 Å². The van der Waals surface area contributed by atoms with E-state index in [-0.39, 0.29) is 58.1 Å². The number of phenols is 1. The van der Waals surface area contributed by atoms with Gasteiger partial charge in [-0.3, -0.25) is 24.3 Å². The van der Waals surface area contributed by atoms with Crippen LogP contribution in [-0.2, 0) is 21.4 Å². The zero-order chi connectivity index (χ0) is 30.1. The first-order valence-corrected chi connectivity index (χ1v) is 14.4. The fraction of sp³-hybridized carbons (Fsp3) is 0.280. The van der Waals surface area contributed by atoms with E-state index in [2.05, 4.69) is 31.1 Å². The Hall–Kier alpha value is -3.64. The van der Waals surface area contributed by atoms with E-state index < -0.39 is 41.1 Å². The van der Waals surface area contributed by atoms with E-state index in [9.17, 15) is 34.5 Å². The van der Waals surface area contributed by atoms with Gasteiger partial charge in [0.2, 0.25) is 11.1 Å². The van der Waals surface area contributed by atoms with E-state index in [1.165, 1.54) is 64.7 Å². The number of fused-ring (bicyclic) bond motifs is 1. The van der Waals surface area contributed by atoms with Crippen LogP contribution in [0.5, 0.6) is 11.5 Å². The normalized spacial score (nSPS) is 18.2. The third-order valence-electron chi connectivity index (χ3n) is 6.53. The number of tetrazole rings is 1. The van der Waals surface area contributed by atoms with Gasteiger partial charge in [0.25, 0.3) is 11.8 Å². The number of aryl methyl sites for hydroxylation is 2. The second-order valence-corrected chi connectivity index (χ2v) is 11.4. The molecular weight excluding hydrogens is 611 g/mol. The maximum atomic E-state index is 13.5. The van der Waals surface area contributed by atoms with Crippen molar-refractivity contribution in [1.29, 1.82) is 0 Å². The summed E-state index contributed by atoms with van der Waals surface area (Å²) in [6, 6.07) is 4.45. The molecule has 3 atom stereocenters. The number of nitrogens with one attached hydrogen (secondary N) is 2. The second-order valence-electron chi connectivity index (χ2n) is 9.37. The third-order valence-corrected chi connectivity index (χ3v) is 8.97. The number of phenolic OH excluding ortho intramolecular Hbond substituents is 1.